The van der Waals surface area contributed by atoms with Gasteiger partial charge in [0.25, 0.3) is 0 Å². The fraction of sp³-hybridized carbons (Fsp3) is 0.500. The third kappa shape index (κ3) is 2.31. The Hall–Kier alpha value is -1.88. The van der Waals surface area contributed by atoms with Crippen molar-refractivity contribution in [2.45, 2.75) is 37.3 Å². The Morgan fingerprint density at radius 2 is 2.00 bits per heavy atom. The van der Waals surface area contributed by atoms with Gasteiger partial charge in [-0.3, -0.25) is 9.59 Å². The van der Waals surface area contributed by atoms with Gasteiger partial charge < -0.3 is 15.7 Å². The van der Waals surface area contributed by atoms with Crippen LogP contribution >= 0.6 is 0 Å². The molecule has 4 atom stereocenters. The molecule has 1 amide bonds. The van der Waals surface area contributed by atoms with Crippen molar-refractivity contribution in [1.82, 2.24) is 4.90 Å². The first-order valence-corrected chi connectivity index (χ1v) is 7.43. The monoisotopic (exact) mass is 288 g/mol. The van der Waals surface area contributed by atoms with Gasteiger partial charge in [-0.1, -0.05) is 30.3 Å². The first-order valence-electron chi connectivity index (χ1n) is 7.43. The highest BCUT2D eigenvalue weighted by Gasteiger charge is 2.52. The number of amides is 1. The van der Waals surface area contributed by atoms with Crippen LogP contribution in [0, 0.1) is 5.92 Å². The second-order valence-corrected chi connectivity index (χ2v) is 5.92. The molecule has 0 saturated carbocycles. The van der Waals surface area contributed by atoms with E-state index in [1.807, 2.05) is 35.2 Å². The van der Waals surface area contributed by atoms with Gasteiger partial charge >= 0.3 is 5.97 Å². The molecule has 0 spiro atoms. The van der Waals surface area contributed by atoms with E-state index in [0.29, 0.717) is 6.42 Å². The predicted octanol–water partition coefficient (Wildman–Crippen LogP) is 1.19. The SMILES string of the molecule is NCC(C(=O)N1C2CCC1C(C(=O)O)C2)c1ccccc1. The Labute approximate surface area is 123 Å². The van der Waals surface area contributed by atoms with Crippen LogP contribution in [0.2, 0.25) is 0 Å². The second kappa shape index (κ2) is 5.48. The van der Waals surface area contributed by atoms with Gasteiger partial charge in [0.15, 0.2) is 0 Å². The third-order valence-corrected chi connectivity index (χ3v) is 4.84. The number of carboxylic acid groups (broad SMARTS) is 1. The largest absolute Gasteiger partial charge is 0.481 e. The Bertz CT molecular complexity index is 546. The molecule has 0 aromatic heterocycles. The molecule has 112 valence electrons. The summed E-state index contributed by atoms with van der Waals surface area (Å²) in [6, 6.07) is 9.42. The first-order chi connectivity index (χ1) is 10.1. The summed E-state index contributed by atoms with van der Waals surface area (Å²) in [4.78, 5) is 26.0. The number of hydrogen-bond acceptors (Lipinski definition) is 3. The van der Waals surface area contributed by atoms with Crippen LogP contribution in [-0.4, -0.2) is 40.5 Å². The highest BCUT2D eigenvalue weighted by molar-refractivity contribution is 5.86. The van der Waals surface area contributed by atoms with Crippen LogP contribution in [0.25, 0.3) is 0 Å². The highest BCUT2D eigenvalue weighted by atomic mass is 16.4. The second-order valence-electron chi connectivity index (χ2n) is 5.92. The topological polar surface area (TPSA) is 83.6 Å². The third-order valence-electron chi connectivity index (χ3n) is 4.84. The molecule has 2 bridgehead atoms. The zero-order chi connectivity index (χ0) is 15.0. The fourth-order valence-electron chi connectivity index (χ4n) is 3.84. The Kier molecular flexibility index (Phi) is 3.68. The number of rotatable bonds is 4. The Balaban J connectivity index is 1.83. The highest BCUT2D eigenvalue weighted by Crippen LogP contribution is 2.43. The lowest BCUT2D eigenvalue weighted by atomic mass is 9.89. The average Bonchev–Trinajstić information content (AvgIpc) is 3.06. The molecular weight excluding hydrogens is 268 g/mol. The number of nitrogens with zero attached hydrogens (tertiary/aromatic N) is 1. The van der Waals surface area contributed by atoms with E-state index in [9.17, 15) is 14.7 Å². The van der Waals surface area contributed by atoms with Gasteiger partial charge in [-0.05, 0) is 24.8 Å². The molecule has 21 heavy (non-hydrogen) atoms. The van der Waals surface area contributed by atoms with Crippen LogP contribution in [0.3, 0.4) is 0 Å². The van der Waals surface area contributed by atoms with E-state index in [0.717, 1.165) is 18.4 Å². The van der Waals surface area contributed by atoms with Crippen LogP contribution in [-0.2, 0) is 9.59 Å². The fourth-order valence-corrected chi connectivity index (χ4v) is 3.84. The first kappa shape index (κ1) is 14.1. The van der Waals surface area contributed by atoms with Crippen LogP contribution in [0.5, 0.6) is 0 Å². The zero-order valence-electron chi connectivity index (χ0n) is 11.8. The molecule has 5 nitrogen and oxygen atoms in total. The van der Waals surface area contributed by atoms with Crippen LogP contribution in [0.1, 0.15) is 30.7 Å². The van der Waals surface area contributed by atoms with Crippen LogP contribution < -0.4 is 5.73 Å². The molecular formula is C16H20N2O3. The maximum absolute atomic E-state index is 12.9. The van der Waals surface area contributed by atoms with E-state index in [2.05, 4.69) is 0 Å². The van der Waals surface area contributed by atoms with Crippen molar-refractivity contribution in [3.8, 4) is 0 Å². The van der Waals surface area contributed by atoms with Crippen molar-refractivity contribution in [1.29, 1.82) is 0 Å². The maximum Gasteiger partial charge on any atom is 0.308 e. The minimum absolute atomic E-state index is 0.0139. The number of carbonyl (C=O) groups is 2. The van der Waals surface area contributed by atoms with Gasteiger partial charge in [-0.25, -0.2) is 0 Å². The van der Waals surface area contributed by atoms with E-state index in [4.69, 9.17) is 5.73 Å². The molecule has 0 radical (unpaired) electrons. The number of carbonyl (C=O) groups excluding carboxylic acids is 1. The lowest BCUT2D eigenvalue weighted by Crippen LogP contribution is -2.42. The summed E-state index contributed by atoms with van der Waals surface area (Å²) in [5.41, 5.74) is 6.72. The van der Waals surface area contributed by atoms with Gasteiger partial charge in [0.2, 0.25) is 5.91 Å². The molecule has 3 N–H and O–H groups in total. The summed E-state index contributed by atoms with van der Waals surface area (Å²) in [6.07, 6.45) is 2.28. The lowest BCUT2D eigenvalue weighted by molar-refractivity contribution is -0.143. The number of fused-ring (bicyclic) bond motifs is 2. The minimum Gasteiger partial charge on any atom is -0.481 e. The van der Waals surface area contributed by atoms with Crippen molar-refractivity contribution < 1.29 is 14.7 Å². The van der Waals surface area contributed by atoms with Crippen molar-refractivity contribution in [2.24, 2.45) is 11.7 Å². The van der Waals surface area contributed by atoms with Gasteiger partial charge in [0.05, 0.1) is 11.8 Å². The minimum atomic E-state index is -0.788. The van der Waals surface area contributed by atoms with Gasteiger partial charge in [0.1, 0.15) is 0 Å². The van der Waals surface area contributed by atoms with E-state index < -0.39 is 11.9 Å². The lowest BCUT2D eigenvalue weighted by Gasteiger charge is -2.27. The average molecular weight is 288 g/mol. The molecule has 4 unspecified atom stereocenters. The summed E-state index contributed by atoms with van der Waals surface area (Å²) < 4.78 is 0. The van der Waals surface area contributed by atoms with Crippen molar-refractivity contribution >= 4 is 11.9 Å². The van der Waals surface area contributed by atoms with Crippen molar-refractivity contribution in [2.75, 3.05) is 6.54 Å². The molecule has 1 aromatic rings. The van der Waals surface area contributed by atoms with Crippen LogP contribution in [0.4, 0.5) is 0 Å². The molecule has 2 saturated heterocycles. The van der Waals surface area contributed by atoms with Gasteiger partial charge in [0, 0.05) is 18.6 Å². The van der Waals surface area contributed by atoms with E-state index in [-0.39, 0.29) is 30.5 Å². The predicted molar refractivity (Wildman–Crippen MR) is 77.6 cm³/mol. The van der Waals surface area contributed by atoms with E-state index in [1.54, 1.807) is 0 Å². The number of nitrogens with two attached hydrogens (primary N) is 1. The normalized spacial score (nSPS) is 28.6. The zero-order valence-corrected chi connectivity index (χ0v) is 11.8. The molecule has 2 aliphatic rings. The number of benzene rings is 1. The molecule has 2 fully saturated rings. The molecule has 1 aromatic carbocycles. The number of carboxylic acids is 1. The molecule has 2 heterocycles. The van der Waals surface area contributed by atoms with Crippen molar-refractivity contribution in [3.05, 3.63) is 35.9 Å². The maximum atomic E-state index is 12.9. The van der Waals surface area contributed by atoms with E-state index in [1.165, 1.54) is 0 Å². The molecule has 3 rings (SSSR count). The summed E-state index contributed by atoms with van der Waals surface area (Å²) in [5.74, 6) is -1.59. The van der Waals surface area contributed by atoms with E-state index >= 15 is 0 Å². The Morgan fingerprint density at radius 1 is 1.29 bits per heavy atom. The van der Waals surface area contributed by atoms with Crippen molar-refractivity contribution in [3.63, 3.8) is 0 Å². The molecule has 0 aliphatic carbocycles. The van der Waals surface area contributed by atoms with Crippen LogP contribution in [0.15, 0.2) is 30.3 Å². The molecule has 5 heteroatoms. The van der Waals surface area contributed by atoms with Gasteiger partial charge in [-0.15, -0.1) is 0 Å². The smallest absolute Gasteiger partial charge is 0.308 e. The number of hydrogen-bond donors (Lipinski definition) is 2. The summed E-state index contributed by atoms with van der Waals surface area (Å²) in [5, 5.41) is 9.29. The summed E-state index contributed by atoms with van der Waals surface area (Å²) >= 11 is 0. The quantitative estimate of drug-likeness (QED) is 0.872. The number of aliphatic carboxylic acids is 1. The molecule has 2 aliphatic heterocycles. The van der Waals surface area contributed by atoms with Gasteiger partial charge in [-0.2, -0.15) is 0 Å². The summed E-state index contributed by atoms with van der Waals surface area (Å²) in [7, 11) is 0. The standard InChI is InChI=1S/C16H20N2O3/c17-9-13(10-4-2-1-3-5-10)15(19)18-11-6-7-14(18)12(8-11)16(20)21/h1-5,11-14H,6-9,17H2,(H,20,21). The Morgan fingerprint density at radius 3 is 2.57 bits per heavy atom. The summed E-state index contributed by atoms with van der Waals surface area (Å²) in [6.45, 7) is 0.247.